The predicted octanol–water partition coefficient (Wildman–Crippen LogP) is 4.56. The van der Waals surface area contributed by atoms with Gasteiger partial charge in [0.05, 0.1) is 17.2 Å². The Bertz CT molecular complexity index is 991. The molecule has 172 valence electrons. The van der Waals surface area contributed by atoms with Crippen LogP contribution >= 0.6 is 35.3 Å². The molecule has 0 bridgehead atoms. The Labute approximate surface area is 212 Å². The minimum Gasteiger partial charge on any atom is -0.363 e. The molecule has 0 amide bonds. The molecule has 1 aliphatic rings. The monoisotopic (exact) mass is 564 g/mol. The maximum absolute atomic E-state index is 4.77. The molecule has 0 saturated carbocycles. The van der Waals surface area contributed by atoms with Gasteiger partial charge < -0.3 is 15.5 Å². The largest absolute Gasteiger partial charge is 0.363 e. The molecule has 1 fully saturated rings. The maximum Gasteiger partial charge on any atom is 0.191 e. The third-order valence-corrected chi connectivity index (χ3v) is 6.95. The number of benzene rings is 1. The summed E-state index contributed by atoms with van der Waals surface area (Å²) in [6, 6.07) is 15.3. The number of nitrogens with one attached hydrogen (secondary N) is 2. The molecule has 0 aliphatic carbocycles. The number of thiophene rings is 1. The van der Waals surface area contributed by atoms with Gasteiger partial charge in [0.2, 0.25) is 0 Å². The van der Waals surface area contributed by atoms with Crippen molar-refractivity contribution in [1.82, 2.24) is 20.4 Å². The first-order valence-corrected chi connectivity index (χ1v) is 11.8. The molecule has 1 aromatic carbocycles. The normalized spacial score (nSPS) is 14.8. The highest BCUT2D eigenvalue weighted by atomic mass is 127. The quantitative estimate of drug-likeness (QED) is 0.262. The SMILES string of the molecule is CN=C(NCc1c(C)nn(Cc2ccccc2)c1C)NC1CCN(c2cccs2)CC1.I. The van der Waals surface area contributed by atoms with Crippen LogP contribution < -0.4 is 15.5 Å². The van der Waals surface area contributed by atoms with Crippen molar-refractivity contribution in [2.75, 3.05) is 25.0 Å². The van der Waals surface area contributed by atoms with Crippen LogP contribution in [0.4, 0.5) is 5.00 Å². The van der Waals surface area contributed by atoms with Gasteiger partial charge in [0.1, 0.15) is 0 Å². The lowest BCUT2D eigenvalue weighted by molar-refractivity contribution is 0.462. The van der Waals surface area contributed by atoms with Gasteiger partial charge in [-0.15, -0.1) is 35.3 Å². The van der Waals surface area contributed by atoms with Crippen LogP contribution in [0.25, 0.3) is 0 Å². The molecule has 4 rings (SSSR count). The summed E-state index contributed by atoms with van der Waals surface area (Å²) < 4.78 is 2.10. The van der Waals surface area contributed by atoms with E-state index in [2.05, 4.69) is 80.8 Å². The zero-order valence-corrected chi connectivity index (χ0v) is 22.2. The summed E-state index contributed by atoms with van der Waals surface area (Å²) in [4.78, 5) is 6.93. The smallest absolute Gasteiger partial charge is 0.191 e. The molecule has 0 radical (unpaired) electrons. The van der Waals surface area contributed by atoms with Crippen molar-refractivity contribution in [2.45, 2.75) is 45.8 Å². The van der Waals surface area contributed by atoms with Gasteiger partial charge in [-0.05, 0) is 49.8 Å². The van der Waals surface area contributed by atoms with Crippen LogP contribution in [0.3, 0.4) is 0 Å². The molecule has 8 heteroatoms. The highest BCUT2D eigenvalue weighted by Gasteiger charge is 2.21. The molecule has 6 nitrogen and oxygen atoms in total. The molecule has 0 unspecified atom stereocenters. The van der Waals surface area contributed by atoms with Crippen molar-refractivity contribution >= 4 is 46.3 Å². The number of halogens is 1. The summed E-state index contributed by atoms with van der Waals surface area (Å²) in [5.74, 6) is 0.865. The lowest BCUT2D eigenvalue weighted by Gasteiger charge is -2.33. The van der Waals surface area contributed by atoms with Gasteiger partial charge >= 0.3 is 0 Å². The molecule has 2 N–H and O–H groups in total. The second-order valence-electron chi connectivity index (χ2n) is 8.08. The maximum atomic E-state index is 4.77. The molecular formula is C24H33IN6S. The third kappa shape index (κ3) is 6.04. The Kier molecular flexibility index (Phi) is 8.98. The van der Waals surface area contributed by atoms with E-state index in [4.69, 9.17) is 5.10 Å². The van der Waals surface area contributed by atoms with Crippen molar-refractivity contribution in [3.8, 4) is 0 Å². The molecule has 1 saturated heterocycles. The zero-order valence-electron chi connectivity index (χ0n) is 19.0. The summed E-state index contributed by atoms with van der Waals surface area (Å²) >= 11 is 1.82. The third-order valence-electron chi connectivity index (χ3n) is 6.02. The van der Waals surface area contributed by atoms with Gasteiger partial charge in [-0.3, -0.25) is 9.67 Å². The second kappa shape index (κ2) is 11.7. The van der Waals surface area contributed by atoms with Crippen LogP contribution in [0.5, 0.6) is 0 Å². The number of rotatable bonds is 6. The van der Waals surface area contributed by atoms with Crippen molar-refractivity contribution in [1.29, 1.82) is 0 Å². The van der Waals surface area contributed by atoms with Gasteiger partial charge in [-0.25, -0.2) is 0 Å². The number of aliphatic imine (C=N–C) groups is 1. The van der Waals surface area contributed by atoms with E-state index >= 15 is 0 Å². The van der Waals surface area contributed by atoms with Crippen LogP contribution in [-0.2, 0) is 13.1 Å². The van der Waals surface area contributed by atoms with Gasteiger partial charge in [0, 0.05) is 44.0 Å². The minimum atomic E-state index is 0. The number of anilines is 1. The van der Waals surface area contributed by atoms with Crippen molar-refractivity contribution in [3.05, 3.63) is 70.4 Å². The average Bonchev–Trinajstić information content (AvgIpc) is 3.42. The van der Waals surface area contributed by atoms with Gasteiger partial charge in [0.15, 0.2) is 5.96 Å². The van der Waals surface area contributed by atoms with E-state index in [-0.39, 0.29) is 24.0 Å². The molecule has 3 aromatic rings. The lowest BCUT2D eigenvalue weighted by Crippen LogP contribution is -2.48. The zero-order chi connectivity index (χ0) is 21.6. The summed E-state index contributed by atoms with van der Waals surface area (Å²) in [5, 5.41) is 15.4. The number of piperidine rings is 1. The van der Waals surface area contributed by atoms with Crippen molar-refractivity contribution in [2.24, 2.45) is 4.99 Å². The van der Waals surface area contributed by atoms with E-state index in [0.29, 0.717) is 6.04 Å². The number of aryl methyl sites for hydroxylation is 1. The van der Waals surface area contributed by atoms with E-state index < -0.39 is 0 Å². The second-order valence-corrected chi connectivity index (χ2v) is 9.00. The molecule has 2 aromatic heterocycles. The Morgan fingerprint density at radius 1 is 1.12 bits per heavy atom. The first-order chi connectivity index (χ1) is 15.1. The Morgan fingerprint density at radius 3 is 2.53 bits per heavy atom. The lowest BCUT2D eigenvalue weighted by atomic mass is 10.1. The van der Waals surface area contributed by atoms with E-state index in [9.17, 15) is 0 Å². The van der Waals surface area contributed by atoms with Crippen LogP contribution in [0.15, 0.2) is 52.8 Å². The predicted molar refractivity (Wildman–Crippen MR) is 146 cm³/mol. The van der Waals surface area contributed by atoms with Crippen molar-refractivity contribution in [3.63, 3.8) is 0 Å². The van der Waals surface area contributed by atoms with Gasteiger partial charge in [0.25, 0.3) is 0 Å². The average molecular weight is 565 g/mol. The summed E-state index contributed by atoms with van der Waals surface area (Å²) in [6.07, 6.45) is 2.23. The van der Waals surface area contributed by atoms with E-state index in [1.54, 1.807) is 0 Å². The summed E-state index contributed by atoms with van der Waals surface area (Å²) in [5.41, 5.74) is 4.78. The number of guanidine groups is 1. The summed E-state index contributed by atoms with van der Waals surface area (Å²) in [7, 11) is 1.84. The molecular weight excluding hydrogens is 531 g/mol. The fourth-order valence-electron chi connectivity index (χ4n) is 4.15. The molecule has 32 heavy (non-hydrogen) atoms. The standard InChI is InChI=1S/C24H32N6S.HI/c1-18-22(19(2)30(28-18)17-20-8-5-4-6-9-20)16-26-24(25-3)27-21-11-13-29(14-12-21)23-10-7-15-31-23;/h4-10,15,21H,11-14,16-17H2,1-3H3,(H2,25,26,27);1H. The Balaban J connectivity index is 0.00000289. The summed E-state index contributed by atoms with van der Waals surface area (Å²) in [6.45, 7) is 7.92. The first-order valence-electron chi connectivity index (χ1n) is 11.0. The van der Waals surface area contributed by atoms with E-state index in [0.717, 1.165) is 50.7 Å². The molecule has 0 spiro atoms. The van der Waals surface area contributed by atoms with Crippen LogP contribution in [0, 0.1) is 13.8 Å². The fraction of sp³-hybridized carbons (Fsp3) is 0.417. The highest BCUT2D eigenvalue weighted by molar-refractivity contribution is 14.0. The topological polar surface area (TPSA) is 57.5 Å². The fourth-order valence-corrected chi connectivity index (χ4v) is 4.94. The van der Waals surface area contributed by atoms with Gasteiger partial charge in [-0.1, -0.05) is 30.3 Å². The van der Waals surface area contributed by atoms with Crippen molar-refractivity contribution < 1.29 is 0 Å². The molecule has 0 atom stereocenters. The van der Waals surface area contributed by atoms with E-state index in [1.807, 2.05) is 24.5 Å². The minimum absolute atomic E-state index is 0. The molecule has 3 heterocycles. The van der Waals surface area contributed by atoms with Crippen LogP contribution in [0.1, 0.15) is 35.4 Å². The Hall–Kier alpha value is -2.07. The van der Waals surface area contributed by atoms with E-state index in [1.165, 1.54) is 21.8 Å². The molecule has 1 aliphatic heterocycles. The van der Waals surface area contributed by atoms with Crippen LogP contribution in [-0.4, -0.2) is 41.9 Å². The van der Waals surface area contributed by atoms with Crippen LogP contribution in [0.2, 0.25) is 0 Å². The Morgan fingerprint density at radius 2 is 1.88 bits per heavy atom. The number of hydrogen-bond acceptors (Lipinski definition) is 4. The number of nitrogens with zero attached hydrogens (tertiary/aromatic N) is 4. The number of aromatic nitrogens is 2. The first kappa shape index (κ1) is 24.6. The van der Waals surface area contributed by atoms with Gasteiger partial charge in [-0.2, -0.15) is 5.10 Å². The highest BCUT2D eigenvalue weighted by Crippen LogP contribution is 2.24. The number of hydrogen-bond donors (Lipinski definition) is 2.